The average Bonchev–Trinajstić information content (AvgIpc) is 2.72. The molecule has 10 heteroatoms. The fourth-order valence-electron chi connectivity index (χ4n) is 3.66. The van der Waals surface area contributed by atoms with Crippen LogP contribution in [0.4, 0.5) is 13.2 Å². The maximum Gasteiger partial charge on any atom is 0.417 e. The van der Waals surface area contributed by atoms with E-state index in [2.05, 4.69) is 0 Å². The van der Waals surface area contributed by atoms with E-state index >= 15 is 0 Å². The molecule has 6 nitrogen and oxygen atoms in total. The van der Waals surface area contributed by atoms with Gasteiger partial charge in [-0.25, -0.2) is 13.1 Å². The lowest BCUT2D eigenvalue weighted by atomic mass is 9.78. The van der Waals surface area contributed by atoms with Crippen molar-refractivity contribution in [2.45, 2.75) is 49.2 Å². The maximum absolute atomic E-state index is 13.3. The average molecular weight is 468 g/mol. The zero-order chi connectivity index (χ0) is 23.9. The topological polar surface area (TPSA) is 83.6 Å². The number of carbonyl (C=O) groups is 2. The molecule has 1 atom stereocenters. The second kappa shape index (κ2) is 7.91. The molecule has 1 fully saturated rings. The summed E-state index contributed by atoms with van der Waals surface area (Å²) in [6, 6.07) is 12.5. The van der Waals surface area contributed by atoms with Crippen LogP contribution in [0.1, 0.15) is 38.3 Å². The highest BCUT2D eigenvalue weighted by Gasteiger charge is 2.53. The van der Waals surface area contributed by atoms with Gasteiger partial charge in [0.1, 0.15) is 5.54 Å². The molecule has 32 heavy (non-hydrogen) atoms. The van der Waals surface area contributed by atoms with Gasteiger partial charge in [0.15, 0.2) is 0 Å². The molecule has 0 spiro atoms. The summed E-state index contributed by atoms with van der Waals surface area (Å²) >= 11 is 0. The van der Waals surface area contributed by atoms with E-state index in [1.165, 1.54) is 11.8 Å². The molecule has 0 aliphatic carbocycles. The van der Waals surface area contributed by atoms with Crippen LogP contribution in [-0.2, 0) is 31.2 Å². The Balaban J connectivity index is 1.86. The number of nitrogens with one attached hydrogen (secondary N) is 1. The van der Waals surface area contributed by atoms with Crippen molar-refractivity contribution in [1.29, 1.82) is 0 Å². The smallest absolute Gasteiger partial charge is 0.327 e. The van der Waals surface area contributed by atoms with Crippen LogP contribution in [0.25, 0.3) is 0 Å². The Morgan fingerprint density at radius 1 is 1.00 bits per heavy atom. The van der Waals surface area contributed by atoms with Crippen molar-refractivity contribution in [2.75, 3.05) is 6.54 Å². The van der Waals surface area contributed by atoms with E-state index < -0.39 is 43.5 Å². The minimum atomic E-state index is -4.92. The van der Waals surface area contributed by atoms with E-state index in [0.717, 1.165) is 18.2 Å². The SMILES string of the molecule is CC(C)(C(=O)N1CCC1(C)C(=O)NS(=O)(=O)c1ccccc1C(F)(F)F)c1ccccc1. The van der Waals surface area contributed by atoms with Crippen LogP contribution in [0.5, 0.6) is 0 Å². The van der Waals surface area contributed by atoms with Crippen molar-refractivity contribution in [2.24, 2.45) is 0 Å². The van der Waals surface area contributed by atoms with Crippen LogP contribution >= 0.6 is 0 Å². The van der Waals surface area contributed by atoms with Gasteiger partial charge in [-0.3, -0.25) is 9.59 Å². The van der Waals surface area contributed by atoms with Crippen LogP contribution in [0.3, 0.4) is 0 Å². The van der Waals surface area contributed by atoms with Gasteiger partial charge in [0.2, 0.25) is 5.91 Å². The lowest BCUT2D eigenvalue weighted by Gasteiger charge is -2.51. The molecule has 0 saturated carbocycles. The van der Waals surface area contributed by atoms with E-state index in [4.69, 9.17) is 0 Å². The largest absolute Gasteiger partial charge is 0.417 e. The van der Waals surface area contributed by atoms with E-state index in [0.29, 0.717) is 11.6 Å². The number of amides is 2. The first-order valence-corrected chi connectivity index (χ1v) is 11.3. The van der Waals surface area contributed by atoms with Crippen molar-refractivity contribution in [3.05, 3.63) is 65.7 Å². The van der Waals surface area contributed by atoms with Crippen molar-refractivity contribution in [3.8, 4) is 0 Å². The Hall–Kier alpha value is -2.88. The first-order chi connectivity index (χ1) is 14.7. The number of carbonyl (C=O) groups excluding carboxylic acids is 2. The molecule has 1 aliphatic rings. The molecule has 2 amide bonds. The zero-order valence-electron chi connectivity index (χ0n) is 17.7. The molecular formula is C22H23F3N2O4S. The monoisotopic (exact) mass is 468 g/mol. The molecule has 2 aromatic carbocycles. The summed E-state index contributed by atoms with van der Waals surface area (Å²) < 4.78 is 66.8. The lowest BCUT2D eigenvalue weighted by molar-refractivity contribution is -0.160. The Kier molecular flexibility index (Phi) is 5.88. The minimum absolute atomic E-state index is 0.173. The van der Waals surface area contributed by atoms with Gasteiger partial charge < -0.3 is 4.90 Å². The highest BCUT2D eigenvalue weighted by atomic mass is 32.2. The van der Waals surface area contributed by atoms with Gasteiger partial charge in [0.25, 0.3) is 15.9 Å². The zero-order valence-corrected chi connectivity index (χ0v) is 18.5. The summed E-state index contributed by atoms with van der Waals surface area (Å²) in [5.41, 5.74) is -3.17. The highest BCUT2D eigenvalue weighted by Crippen LogP contribution is 2.38. The second-order valence-electron chi connectivity index (χ2n) is 8.40. The Morgan fingerprint density at radius 3 is 2.09 bits per heavy atom. The summed E-state index contributed by atoms with van der Waals surface area (Å²) in [6.07, 6.45) is -4.75. The molecule has 2 aromatic rings. The molecule has 1 saturated heterocycles. The van der Waals surface area contributed by atoms with E-state index in [1.807, 2.05) is 0 Å². The van der Waals surface area contributed by atoms with E-state index in [-0.39, 0.29) is 18.9 Å². The third-order valence-corrected chi connectivity index (χ3v) is 7.28. The number of hydrogen-bond acceptors (Lipinski definition) is 4. The lowest BCUT2D eigenvalue weighted by Crippen LogP contribution is -2.70. The van der Waals surface area contributed by atoms with Crippen LogP contribution < -0.4 is 4.72 Å². The standard InChI is InChI=1S/C22H23F3N2O4S/c1-20(2,15-9-5-4-6-10-15)19(29)27-14-13-21(27,3)18(28)26-32(30,31)17-12-8-7-11-16(17)22(23,24)25/h4-12H,13-14H2,1-3H3,(H,26,28). The van der Waals surface area contributed by atoms with E-state index in [9.17, 15) is 31.2 Å². The van der Waals surface area contributed by atoms with Gasteiger partial charge >= 0.3 is 6.18 Å². The fraction of sp³-hybridized carbons (Fsp3) is 0.364. The van der Waals surface area contributed by atoms with Crippen molar-refractivity contribution >= 4 is 21.8 Å². The molecule has 1 aliphatic heterocycles. The number of hydrogen-bond donors (Lipinski definition) is 1. The minimum Gasteiger partial charge on any atom is -0.327 e. The first kappa shape index (κ1) is 23.8. The van der Waals surface area contributed by atoms with Gasteiger partial charge in [-0.1, -0.05) is 42.5 Å². The van der Waals surface area contributed by atoms with Gasteiger partial charge in [-0.15, -0.1) is 0 Å². The number of nitrogens with zero attached hydrogens (tertiary/aromatic N) is 1. The van der Waals surface area contributed by atoms with Crippen molar-refractivity contribution in [3.63, 3.8) is 0 Å². The maximum atomic E-state index is 13.3. The van der Waals surface area contributed by atoms with Gasteiger partial charge in [-0.05, 0) is 44.9 Å². The molecule has 1 unspecified atom stereocenters. The summed E-state index contributed by atoms with van der Waals surface area (Å²) in [7, 11) is -4.83. The predicted octanol–water partition coefficient (Wildman–Crippen LogP) is 3.48. The number of sulfonamides is 1. The van der Waals surface area contributed by atoms with Gasteiger partial charge in [0, 0.05) is 6.54 Å². The predicted molar refractivity (Wildman–Crippen MR) is 111 cm³/mol. The third-order valence-electron chi connectivity index (χ3n) is 5.89. The van der Waals surface area contributed by atoms with Crippen LogP contribution in [-0.4, -0.2) is 37.2 Å². The Bertz CT molecular complexity index is 1150. The molecule has 0 aromatic heterocycles. The molecule has 1 N–H and O–H groups in total. The number of halogens is 3. The van der Waals surface area contributed by atoms with Gasteiger partial charge in [0.05, 0.1) is 15.9 Å². The molecule has 1 heterocycles. The van der Waals surface area contributed by atoms with E-state index in [1.54, 1.807) is 48.9 Å². The van der Waals surface area contributed by atoms with Gasteiger partial charge in [-0.2, -0.15) is 13.2 Å². The highest BCUT2D eigenvalue weighted by molar-refractivity contribution is 7.90. The summed E-state index contributed by atoms with van der Waals surface area (Å²) in [6.45, 7) is 5.00. The molecule has 172 valence electrons. The third kappa shape index (κ3) is 4.11. The molecule has 0 bridgehead atoms. The molecule has 3 rings (SSSR count). The first-order valence-electron chi connectivity index (χ1n) is 9.82. The number of likely N-dealkylation sites (tertiary alicyclic amines) is 1. The molecular weight excluding hydrogens is 445 g/mol. The van der Waals surface area contributed by atoms with Crippen LogP contribution in [0.2, 0.25) is 0 Å². The fourth-order valence-corrected chi connectivity index (χ4v) is 4.96. The normalized spacial score (nSPS) is 19.2. The van der Waals surface area contributed by atoms with Crippen LogP contribution in [0.15, 0.2) is 59.5 Å². The second-order valence-corrected chi connectivity index (χ2v) is 10.1. The molecule has 0 radical (unpaired) electrons. The summed E-state index contributed by atoms with van der Waals surface area (Å²) in [5, 5.41) is 0. The quantitative estimate of drug-likeness (QED) is 0.728. The number of alkyl halides is 3. The summed E-state index contributed by atoms with van der Waals surface area (Å²) in [5.74, 6) is -1.45. The van der Waals surface area contributed by atoms with Crippen molar-refractivity contribution < 1.29 is 31.2 Å². The number of benzene rings is 2. The van der Waals surface area contributed by atoms with Crippen LogP contribution in [0, 0.1) is 0 Å². The number of rotatable bonds is 5. The Morgan fingerprint density at radius 2 is 1.56 bits per heavy atom. The summed E-state index contributed by atoms with van der Waals surface area (Å²) in [4.78, 5) is 26.4. The Labute approximate surface area is 184 Å². The van der Waals surface area contributed by atoms with Crippen molar-refractivity contribution in [1.82, 2.24) is 9.62 Å².